The topological polar surface area (TPSA) is 86.9 Å². The van der Waals surface area contributed by atoms with Gasteiger partial charge in [-0.05, 0) is 54.6 Å². The predicted octanol–water partition coefficient (Wildman–Crippen LogP) is 3.99. The molecule has 0 spiro atoms. The summed E-state index contributed by atoms with van der Waals surface area (Å²) in [6, 6.07) is 15.4. The minimum atomic E-state index is -0.444. The molecule has 0 aliphatic rings. The Kier molecular flexibility index (Phi) is 5.39. The van der Waals surface area contributed by atoms with Crippen LogP contribution in [-0.4, -0.2) is 21.8 Å². The van der Waals surface area contributed by atoms with Gasteiger partial charge in [0.2, 0.25) is 5.91 Å². The van der Waals surface area contributed by atoms with E-state index in [2.05, 4.69) is 52.0 Å². The number of amides is 2. The van der Waals surface area contributed by atoms with Gasteiger partial charge in [0.1, 0.15) is 5.69 Å². The lowest BCUT2D eigenvalue weighted by Crippen LogP contribution is -2.42. The molecule has 6 nitrogen and oxygen atoms in total. The minimum Gasteiger partial charge on any atom is -0.354 e. The van der Waals surface area contributed by atoms with Crippen LogP contribution in [0.5, 0.6) is 0 Å². The molecule has 0 unspecified atom stereocenters. The highest BCUT2D eigenvalue weighted by molar-refractivity contribution is 7.13. The number of fused-ring (bicyclic) bond motifs is 1. The number of hydrogen-bond donors (Lipinski definition) is 3. The fourth-order valence-corrected chi connectivity index (χ4v) is 3.99. The molecule has 7 heteroatoms. The van der Waals surface area contributed by atoms with E-state index in [0.29, 0.717) is 6.42 Å². The van der Waals surface area contributed by atoms with E-state index in [1.807, 2.05) is 11.4 Å². The molecule has 4 aromatic rings. The van der Waals surface area contributed by atoms with Crippen LogP contribution in [0.2, 0.25) is 0 Å². The number of H-pyrrole nitrogens is 1. The van der Waals surface area contributed by atoms with Crippen molar-refractivity contribution in [2.24, 2.45) is 0 Å². The third kappa shape index (κ3) is 4.20. The molecule has 4 rings (SSSR count). The van der Waals surface area contributed by atoms with Gasteiger partial charge in [0.05, 0.1) is 10.6 Å². The molecule has 0 atom stereocenters. The molecule has 3 heterocycles. The van der Waals surface area contributed by atoms with Crippen molar-refractivity contribution in [1.29, 1.82) is 0 Å². The first-order chi connectivity index (χ1) is 14.1. The van der Waals surface area contributed by atoms with E-state index in [4.69, 9.17) is 0 Å². The Bertz CT molecular complexity index is 1150. The number of nitrogens with one attached hydrogen (secondary N) is 3. The Balaban J connectivity index is 1.47. The standard InChI is InChI=1S/C22H20N4O2S/c1-14-7-9-17-16(13-14)15(21(24-17)19-6-4-12-29-19)8-10-20(27)25-26-22(28)18-5-2-3-11-23-18/h2-7,9,11-13,24H,8,10H2,1H3,(H,25,27)(H,26,28). The van der Waals surface area contributed by atoms with Gasteiger partial charge in [-0.25, -0.2) is 0 Å². The zero-order valence-corrected chi connectivity index (χ0v) is 16.7. The summed E-state index contributed by atoms with van der Waals surface area (Å²) in [6.45, 7) is 2.06. The number of rotatable bonds is 5. The van der Waals surface area contributed by atoms with E-state index < -0.39 is 5.91 Å². The summed E-state index contributed by atoms with van der Waals surface area (Å²) in [7, 11) is 0. The second-order valence-corrected chi connectivity index (χ2v) is 7.67. The van der Waals surface area contributed by atoms with Gasteiger partial charge in [-0.3, -0.25) is 25.4 Å². The number of hydrazine groups is 1. The Hall–Kier alpha value is -3.45. The zero-order valence-electron chi connectivity index (χ0n) is 15.9. The summed E-state index contributed by atoms with van der Waals surface area (Å²) in [4.78, 5) is 32.9. The summed E-state index contributed by atoms with van der Waals surface area (Å²) in [5.74, 6) is -0.700. The number of hydrogen-bond acceptors (Lipinski definition) is 4. The van der Waals surface area contributed by atoms with Crippen molar-refractivity contribution >= 4 is 34.1 Å². The largest absolute Gasteiger partial charge is 0.354 e. The van der Waals surface area contributed by atoms with Crippen LogP contribution in [0.1, 0.15) is 28.0 Å². The maximum atomic E-state index is 12.3. The predicted molar refractivity (Wildman–Crippen MR) is 115 cm³/mol. The van der Waals surface area contributed by atoms with E-state index in [9.17, 15) is 9.59 Å². The molecule has 3 aromatic heterocycles. The average molecular weight is 404 g/mol. The second kappa shape index (κ2) is 8.28. The molecule has 0 fully saturated rings. The first-order valence-electron chi connectivity index (χ1n) is 9.27. The lowest BCUT2D eigenvalue weighted by Gasteiger charge is -2.08. The molecule has 0 aliphatic heterocycles. The van der Waals surface area contributed by atoms with Gasteiger partial charge in [-0.1, -0.05) is 23.8 Å². The molecule has 3 N–H and O–H groups in total. The van der Waals surface area contributed by atoms with E-state index in [0.717, 1.165) is 27.0 Å². The fourth-order valence-electron chi connectivity index (χ4n) is 3.24. The third-order valence-electron chi connectivity index (χ3n) is 4.64. The van der Waals surface area contributed by atoms with Gasteiger partial charge < -0.3 is 4.98 Å². The zero-order chi connectivity index (χ0) is 20.2. The monoisotopic (exact) mass is 404 g/mol. The van der Waals surface area contributed by atoms with Gasteiger partial charge in [0, 0.05) is 23.5 Å². The van der Waals surface area contributed by atoms with E-state index >= 15 is 0 Å². The normalized spacial score (nSPS) is 10.8. The van der Waals surface area contributed by atoms with Crippen molar-refractivity contribution in [3.63, 3.8) is 0 Å². The van der Waals surface area contributed by atoms with Crippen molar-refractivity contribution in [1.82, 2.24) is 20.8 Å². The molecule has 0 saturated heterocycles. The summed E-state index contributed by atoms with van der Waals surface area (Å²) >= 11 is 1.66. The van der Waals surface area contributed by atoms with Crippen molar-refractivity contribution in [2.45, 2.75) is 19.8 Å². The van der Waals surface area contributed by atoms with Crippen LogP contribution in [0.15, 0.2) is 60.1 Å². The molecule has 1 aromatic carbocycles. The van der Waals surface area contributed by atoms with Crippen LogP contribution >= 0.6 is 11.3 Å². The van der Waals surface area contributed by atoms with Crippen LogP contribution in [-0.2, 0) is 11.2 Å². The van der Waals surface area contributed by atoms with Crippen molar-refractivity contribution < 1.29 is 9.59 Å². The van der Waals surface area contributed by atoms with Gasteiger partial charge in [-0.15, -0.1) is 11.3 Å². The first-order valence-corrected chi connectivity index (χ1v) is 10.1. The molecule has 0 radical (unpaired) electrons. The van der Waals surface area contributed by atoms with Gasteiger partial charge in [0.15, 0.2) is 0 Å². The molecule has 2 amide bonds. The van der Waals surface area contributed by atoms with Gasteiger partial charge >= 0.3 is 0 Å². The maximum Gasteiger partial charge on any atom is 0.288 e. The second-order valence-electron chi connectivity index (χ2n) is 6.72. The lowest BCUT2D eigenvalue weighted by atomic mass is 10.0. The fraction of sp³-hybridized carbons (Fsp3) is 0.136. The van der Waals surface area contributed by atoms with Crippen LogP contribution < -0.4 is 10.9 Å². The summed E-state index contributed by atoms with van der Waals surface area (Å²) < 4.78 is 0. The highest BCUT2D eigenvalue weighted by Gasteiger charge is 2.16. The maximum absolute atomic E-state index is 12.3. The van der Waals surface area contributed by atoms with Crippen molar-refractivity contribution in [3.05, 3.63) is 76.9 Å². The SMILES string of the molecule is Cc1ccc2[nH]c(-c3cccs3)c(CCC(=O)NNC(=O)c3ccccn3)c2c1. The number of carbonyl (C=O) groups excluding carboxylic acids is 2. The molecule has 0 saturated carbocycles. The van der Waals surface area contributed by atoms with Crippen LogP contribution in [0.4, 0.5) is 0 Å². The number of aromatic amines is 1. The minimum absolute atomic E-state index is 0.250. The lowest BCUT2D eigenvalue weighted by molar-refractivity contribution is -0.121. The quantitative estimate of drug-likeness (QED) is 0.440. The Labute approximate surface area is 172 Å². The summed E-state index contributed by atoms with van der Waals surface area (Å²) in [5, 5.41) is 3.16. The molecule has 146 valence electrons. The Morgan fingerprint density at radius 2 is 2.00 bits per heavy atom. The van der Waals surface area contributed by atoms with Gasteiger partial charge in [-0.2, -0.15) is 0 Å². The smallest absolute Gasteiger partial charge is 0.288 e. The number of aryl methyl sites for hydroxylation is 2. The summed E-state index contributed by atoms with van der Waals surface area (Å²) in [5.41, 5.74) is 9.51. The van der Waals surface area contributed by atoms with Crippen LogP contribution in [0.3, 0.4) is 0 Å². The highest BCUT2D eigenvalue weighted by atomic mass is 32.1. The molecule has 0 bridgehead atoms. The number of pyridine rings is 1. The Morgan fingerprint density at radius 1 is 1.10 bits per heavy atom. The highest BCUT2D eigenvalue weighted by Crippen LogP contribution is 2.34. The molecular formula is C22H20N4O2S. The number of carbonyl (C=O) groups is 2. The molecule has 0 aliphatic carbocycles. The first kappa shape index (κ1) is 18.9. The number of nitrogens with zero attached hydrogens (tertiary/aromatic N) is 1. The number of benzene rings is 1. The van der Waals surface area contributed by atoms with E-state index in [1.165, 1.54) is 11.8 Å². The Morgan fingerprint density at radius 3 is 2.76 bits per heavy atom. The number of thiophene rings is 1. The van der Waals surface area contributed by atoms with Crippen LogP contribution in [0, 0.1) is 6.92 Å². The van der Waals surface area contributed by atoms with Crippen LogP contribution in [0.25, 0.3) is 21.5 Å². The average Bonchev–Trinajstić information content (AvgIpc) is 3.38. The van der Waals surface area contributed by atoms with Crippen molar-refractivity contribution in [3.8, 4) is 10.6 Å². The van der Waals surface area contributed by atoms with Crippen molar-refractivity contribution in [2.75, 3.05) is 0 Å². The van der Waals surface area contributed by atoms with E-state index in [1.54, 1.807) is 29.5 Å². The molecule has 29 heavy (non-hydrogen) atoms. The summed E-state index contributed by atoms with van der Waals surface area (Å²) in [6.07, 6.45) is 2.34. The molecular weight excluding hydrogens is 384 g/mol. The third-order valence-corrected chi connectivity index (χ3v) is 5.53. The van der Waals surface area contributed by atoms with Gasteiger partial charge in [0.25, 0.3) is 5.91 Å². The number of aromatic nitrogens is 2. The van der Waals surface area contributed by atoms with E-state index in [-0.39, 0.29) is 18.0 Å².